The van der Waals surface area contributed by atoms with Crippen molar-refractivity contribution in [1.82, 2.24) is 5.32 Å². The number of para-hydroxylation sites is 1. The van der Waals surface area contributed by atoms with Gasteiger partial charge in [0.25, 0.3) is 5.91 Å². The average molecular weight is 204 g/mol. The molecule has 1 aromatic rings. The molecule has 1 heterocycles. The third kappa shape index (κ3) is 1.58. The van der Waals surface area contributed by atoms with Crippen molar-refractivity contribution in [3.8, 4) is 0 Å². The normalized spacial score (nSPS) is 15.7. The highest BCUT2D eigenvalue weighted by Gasteiger charge is 2.24. The lowest BCUT2D eigenvalue weighted by Gasteiger charge is -2.19. The molecule has 0 atom stereocenters. The fourth-order valence-corrected chi connectivity index (χ4v) is 1.73. The van der Waals surface area contributed by atoms with Crippen molar-refractivity contribution >= 4 is 17.5 Å². The van der Waals surface area contributed by atoms with Gasteiger partial charge in [-0.2, -0.15) is 0 Å². The smallest absolute Gasteiger partial charge is 0.253 e. The SMILES string of the molecule is CCN1C(=O)CNC(=O)c2ccccc21. The van der Waals surface area contributed by atoms with Crippen molar-refractivity contribution in [2.75, 3.05) is 18.0 Å². The number of likely N-dealkylation sites (N-methyl/N-ethyl adjacent to an activating group) is 1. The van der Waals surface area contributed by atoms with E-state index in [-0.39, 0.29) is 18.4 Å². The number of nitrogens with zero attached hydrogens (tertiary/aromatic N) is 1. The van der Waals surface area contributed by atoms with Crippen LogP contribution in [0.3, 0.4) is 0 Å². The molecule has 0 bridgehead atoms. The van der Waals surface area contributed by atoms with Gasteiger partial charge in [-0.05, 0) is 19.1 Å². The number of fused-ring (bicyclic) bond motifs is 1. The van der Waals surface area contributed by atoms with Crippen LogP contribution in [0.15, 0.2) is 24.3 Å². The van der Waals surface area contributed by atoms with Gasteiger partial charge in [0.2, 0.25) is 5.91 Å². The molecule has 0 saturated carbocycles. The van der Waals surface area contributed by atoms with E-state index in [1.807, 2.05) is 13.0 Å². The van der Waals surface area contributed by atoms with Crippen LogP contribution in [0, 0.1) is 0 Å². The Hall–Kier alpha value is -1.84. The van der Waals surface area contributed by atoms with Crippen molar-refractivity contribution in [3.63, 3.8) is 0 Å². The lowest BCUT2D eigenvalue weighted by Crippen LogP contribution is -2.36. The van der Waals surface area contributed by atoms with E-state index < -0.39 is 0 Å². The Kier molecular flexibility index (Phi) is 2.41. The molecule has 0 saturated heterocycles. The van der Waals surface area contributed by atoms with E-state index in [0.29, 0.717) is 17.8 Å². The summed E-state index contributed by atoms with van der Waals surface area (Å²) in [6.07, 6.45) is 0. The van der Waals surface area contributed by atoms with E-state index in [1.54, 1.807) is 23.1 Å². The van der Waals surface area contributed by atoms with Gasteiger partial charge >= 0.3 is 0 Å². The highest BCUT2D eigenvalue weighted by Crippen LogP contribution is 2.21. The minimum atomic E-state index is -0.185. The lowest BCUT2D eigenvalue weighted by molar-refractivity contribution is -0.117. The second kappa shape index (κ2) is 3.73. The van der Waals surface area contributed by atoms with Gasteiger partial charge in [0, 0.05) is 6.54 Å². The summed E-state index contributed by atoms with van der Waals surface area (Å²) in [7, 11) is 0. The van der Waals surface area contributed by atoms with E-state index in [0.717, 1.165) is 0 Å². The van der Waals surface area contributed by atoms with Gasteiger partial charge in [0.1, 0.15) is 0 Å². The van der Waals surface area contributed by atoms with Crippen LogP contribution in [-0.2, 0) is 4.79 Å². The topological polar surface area (TPSA) is 49.4 Å². The van der Waals surface area contributed by atoms with E-state index in [4.69, 9.17) is 0 Å². The first-order valence-corrected chi connectivity index (χ1v) is 4.91. The van der Waals surface area contributed by atoms with E-state index in [2.05, 4.69) is 5.32 Å². The molecule has 78 valence electrons. The van der Waals surface area contributed by atoms with Crippen LogP contribution in [0.25, 0.3) is 0 Å². The van der Waals surface area contributed by atoms with Gasteiger partial charge in [-0.1, -0.05) is 12.1 Å². The summed E-state index contributed by atoms with van der Waals surface area (Å²) in [5.41, 5.74) is 1.25. The van der Waals surface area contributed by atoms with Crippen LogP contribution in [0.1, 0.15) is 17.3 Å². The zero-order valence-electron chi connectivity index (χ0n) is 8.49. The molecule has 0 spiro atoms. The molecule has 0 fully saturated rings. The van der Waals surface area contributed by atoms with Crippen molar-refractivity contribution in [1.29, 1.82) is 0 Å². The highest BCUT2D eigenvalue weighted by atomic mass is 16.2. The Morgan fingerprint density at radius 2 is 2.07 bits per heavy atom. The Morgan fingerprint density at radius 1 is 1.33 bits per heavy atom. The van der Waals surface area contributed by atoms with Crippen molar-refractivity contribution in [3.05, 3.63) is 29.8 Å². The molecule has 2 amide bonds. The summed E-state index contributed by atoms with van der Waals surface area (Å²) < 4.78 is 0. The van der Waals surface area contributed by atoms with E-state index in [9.17, 15) is 9.59 Å². The molecule has 4 heteroatoms. The van der Waals surface area contributed by atoms with E-state index in [1.165, 1.54) is 0 Å². The van der Waals surface area contributed by atoms with Crippen LogP contribution < -0.4 is 10.2 Å². The van der Waals surface area contributed by atoms with Gasteiger partial charge in [0.05, 0.1) is 17.8 Å². The van der Waals surface area contributed by atoms with E-state index >= 15 is 0 Å². The first-order valence-electron chi connectivity index (χ1n) is 4.91. The van der Waals surface area contributed by atoms with Crippen LogP contribution >= 0.6 is 0 Å². The van der Waals surface area contributed by atoms with Crippen LogP contribution in [0.4, 0.5) is 5.69 Å². The van der Waals surface area contributed by atoms with Crippen LogP contribution in [0.5, 0.6) is 0 Å². The zero-order chi connectivity index (χ0) is 10.8. The minimum Gasteiger partial charge on any atom is -0.343 e. The lowest BCUT2D eigenvalue weighted by atomic mass is 10.1. The molecular weight excluding hydrogens is 192 g/mol. The number of nitrogens with one attached hydrogen (secondary N) is 1. The summed E-state index contributed by atoms with van der Waals surface area (Å²) in [5.74, 6) is -0.259. The number of benzene rings is 1. The minimum absolute atomic E-state index is 0.0708. The molecule has 1 N–H and O–H groups in total. The van der Waals surface area contributed by atoms with Crippen molar-refractivity contribution in [2.45, 2.75) is 6.92 Å². The number of anilines is 1. The number of amides is 2. The van der Waals surface area contributed by atoms with Gasteiger partial charge in [-0.15, -0.1) is 0 Å². The Labute approximate surface area is 87.9 Å². The highest BCUT2D eigenvalue weighted by molar-refractivity contribution is 6.09. The molecule has 0 aromatic heterocycles. The predicted octanol–water partition coefficient (Wildman–Crippen LogP) is 0.783. The molecule has 0 unspecified atom stereocenters. The van der Waals surface area contributed by atoms with Gasteiger partial charge in [-0.3, -0.25) is 9.59 Å². The maximum absolute atomic E-state index is 11.7. The first-order chi connectivity index (χ1) is 7.24. The summed E-state index contributed by atoms with van der Waals surface area (Å²) in [6.45, 7) is 2.54. The quantitative estimate of drug-likeness (QED) is 0.735. The van der Waals surface area contributed by atoms with Gasteiger partial charge in [0.15, 0.2) is 0 Å². The monoisotopic (exact) mass is 204 g/mol. The molecule has 4 nitrogen and oxygen atoms in total. The largest absolute Gasteiger partial charge is 0.343 e. The fourth-order valence-electron chi connectivity index (χ4n) is 1.73. The fraction of sp³-hybridized carbons (Fsp3) is 0.273. The molecular formula is C11H12N2O2. The Bertz CT molecular complexity index is 415. The molecule has 0 aliphatic carbocycles. The summed E-state index contributed by atoms with van der Waals surface area (Å²) >= 11 is 0. The molecule has 1 aliphatic rings. The first kappa shape index (κ1) is 9.71. The Morgan fingerprint density at radius 3 is 2.80 bits per heavy atom. The number of carbonyl (C=O) groups excluding carboxylic acids is 2. The molecule has 1 aliphatic heterocycles. The second-order valence-electron chi connectivity index (χ2n) is 3.34. The number of hydrogen-bond donors (Lipinski definition) is 1. The molecule has 2 rings (SSSR count). The Balaban J connectivity index is 2.55. The summed E-state index contributed by atoms with van der Waals surface area (Å²) in [6, 6.07) is 7.14. The third-order valence-corrected chi connectivity index (χ3v) is 2.46. The predicted molar refractivity (Wildman–Crippen MR) is 56.8 cm³/mol. The van der Waals surface area contributed by atoms with Crippen LogP contribution in [-0.4, -0.2) is 24.9 Å². The number of hydrogen-bond acceptors (Lipinski definition) is 2. The van der Waals surface area contributed by atoms with Gasteiger partial charge < -0.3 is 10.2 Å². The molecule has 15 heavy (non-hydrogen) atoms. The maximum Gasteiger partial charge on any atom is 0.253 e. The van der Waals surface area contributed by atoms with Crippen LogP contribution in [0.2, 0.25) is 0 Å². The zero-order valence-corrected chi connectivity index (χ0v) is 8.49. The number of carbonyl (C=O) groups is 2. The summed E-state index contributed by atoms with van der Waals surface area (Å²) in [5, 5.41) is 2.58. The third-order valence-electron chi connectivity index (χ3n) is 2.46. The summed E-state index contributed by atoms with van der Waals surface area (Å²) in [4.78, 5) is 24.9. The van der Waals surface area contributed by atoms with Crippen molar-refractivity contribution in [2.24, 2.45) is 0 Å². The second-order valence-corrected chi connectivity index (χ2v) is 3.34. The van der Waals surface area contributed by atoms with Gasteiger partial charge in [-0.25, -0.2) is 0 Å². The molecule has 1 aromatic carbocycles. The molecule has 0 radical (unpaired) electrons. The average Bonchev–Trinajstić information content (AvgIpc) is 2.38. The number of rotatable bonds is 1. The standard InChI is InChI=1S/C11H12N2O2/c1-2-13-9-6-4-3-5-8(9)11(15)12-7-10(13)14/h3-6H,2,7H2,1H3,(H,12,15). The maximum atomic E-state index is 11.7. The van der Waals surface area contributed by atoms with Crippen molar-refractivity contribution < 1.29 is 9.59 Å².